The molecule has 1 aliphatic carbocycles. The van der Waals surface area contributed by atoms with Crippen LogP contribution in [0.15, 0.2) is 23.8 Å². The number of rotatable bonds is 1. The van der Waals surface area contributed by atoms with E-state index in [2.05, 4.69) is 32.1 Å². The van der Waals surface area contributed by atoms with E-state index in [1.54, 1.807) is 0 Å². The van der Waals surface area contributed by atoms with Crippen LogP contribution in [0.1, 0.15) is 53.4 Å². The molecule has 16 heavy (non-hydrogen) atoms. The van der Waals surface area contributed by atoms with Gasteiger partial charge < -0.3 is 5.11 Å². The Morgan fingerprint density at radius 3 is 2.56 bits per heavy atom. The van der Waals surface area contributed by atoms with Gasteiger partial charge in [0, 0.05) is 5.92 Å². The molecule has 0 saturated heterocycles. The zero-order chi connectivity index (χ0) is 12.2. The smallest absolute Gasteiger partial charge is 0.0654 e. The number of allylic oxidation sites excluding steroid dienone is 3. The molecule has 0 aromatic heterocycles. The van der Waals surface area contributed by atoms with E-state index in [0.717, 1.165) is 12.8 Å². The lowest BCUT2D eigenvalue weighted by Gasteiger charge is -2.27. The second-order valence-electron chi connectivity index (χ2n) is 5.79. The van der Waals surface area contributed by atoms with Crippen LogP contribution in [-0.2, 0) is 0 Å². The van der Waals surface area contributed by atoms with E-state index in [9.17, 15) is 5.11 Å². The maximum Gasteiger partial charge on any atom is 0.0654 e. The van der Waals surface area contributed by atoms with Crippen LogP contribution in [0.5, 0.6) is 0 Å². The molecule has 0 aliphatic heterocycles. The lowest BCUT2D eigenvalue weighted by molar-refractivity contribution is 0.0336. The van der Waals surface area contributed by atoms with Gasteiger partial charge >= 0.3 is 0 Å². The Morgan fingerprint density at radius 1 is 1.25 bits per heavy atom. The van der Waals surface area contributed by atoms with Crippen molar-refractivity contribution < 1.29 is 5.11 Å². The predicted molar refractivity (Wildman–Crippen MR) is 70.3 cm³/mol. The fourth-order valence-corrected chi connectivity index (χ4v) is 2.18. The van der Waals surface area contributed by atoms with Gasteiger partial charge in [-0.15, -0.1) is 0 Å². The molecule has 92 valence electrons. The first kappa shape index (κ1) is 13.5. The molecule has 1 nitrogen and oxygen atoms in total. The molecule has 0 amide bonds. The molecule has 0 spiro atoms. The van der Waals surface area contributed by atoms with E-state index >= 15 is 0 Å². The number of aliphatic hydroxyl groups is 1. The Balaban J connectivity index is 2.76. The van der Waals surface area contributed by atoms with Gasteiger partial charge in [-0.2, -0.15) is 0 Å². The molecule has 0 saturated carbocycles. The van der Waals surface area contributed by atoms with Gasteiger partial charge in [0.2, 0.25) is 0 Å². The van der Waals surface area contributed by atoms with E-state index in [-0.39, 0.29) is 5.92 Å². The van der Waals surface area contributed by atoms with Gasteiger partial charge in [0.05, 0.1) is 5.60 Å². The maximum atomic E-state index is 10.1. The van der Waals surface area contributed by atoms with Crippen LogP contribution < -0.4 is 0 Å². The Hall–Kier alpha value is -0.560. The van der Waals surface area contributed by atoms with Crippen molar-refractivity contribution in [2.24, 2.45) is 11.8 Å². The topological polar surface area (TPSA) is 20.2 Å². The molecule has 1 heteroatoms. The van der Waals surface area contributed by atoms with Crippen LogP contribution in [0.25, 0.3) is 0 Å². The van der Waals surface area contributed by atoms with Crippen molar-refractivity contribution in [3.63, 3.8) is 0 Å². The molecular formula is C15H26O. The van der Waals surface area contributed by atoms with Crippen LogP contribution >= 0.6 is 0 Å². The van der Waals surface area contributed by atoms with Crippen LogP contribution in [0.2, 0.25) is 0 Å². The van der Waals surface area contributed by atoms with Gasteiger partial charge in [-0.3, -0.25) is 0 Å². The monoisotopic (exact) mass is 222 g/mol. The molecule has 1 aliphatic rings. The molecule has 1 rings (SSSR count). The summed E-state index contributed by atoms with van der Waals surface area (Å²) in [6, 6.07) is 0. The molecule has 0 bridgehead atoms. The van der Waals surface area contributed by atoms with Crippen molar-refractivity contribution in [1.29, 1.82) is 0 Å². The summed E-state index contributed by atoms with van der Waals surface area (Å²) in [5.41, 5.74) is 0.868. The van der Waals surface area contributed by atoms with Gasteiger partial charge in [0.25, 0.3) is 0 Å². The third kappa shape index (κ3) is 4.52. The quantitative estimate of drug-likeness (QED) is 0.663. The summed E-state index contributed by atoms with van der Waals surface area (Å²) < 4.78 is 0. The second-order valence-corrected chi connectivity index (χ2v) is 5.79. The summed E-state index contributed by atoms with van der Waals surface area (Å²) in [6.45, 7) is 8.29. The molecule has 0 unspecified atom stereocenters. The Morgan fingerprint density at radius 2 is 1.94 bits per heavy atom. The minimum Gasteiger partial charge on any atom is -0.390 e. The Kier molecular flexibility index (Phi) is 4.79. The van der Waals surface area contributed by atoms with Crippen molar-refractivity contribution in [3.05, 3.63) is 23.8 Å². The third-order valence-corrected chi connectivity index (χ3v) is 3.54. The molecule has 0 fully saturated rings. The van der Waals surface area contributed by atoms with Gasteiger partial charge in [-0.05, 0) is 52.4 Å². The molecule has 0 radical (unpaired) electrons. The van der Waals surface area contributed by atoms with E-state index in [1.165, 1.54) is 18.4 Å². The van der Waals surface area contributed by atoms with Gasteiger partial charge in [0.1, 0.15) is 0 Å². The van der Waals surface area contributed by atoms with Gasteiger partial charge in [0.15, 0.2) is 0 Å². The van der Waals surface area contributed by atoms with Crippen LogP contribution in [-0.4, -0.2) is 10.7 Å². The highest BCUT2D eigenvalue weighted by molar-refractivity contribution is 5.05. The highest BCUT2D eigenvalue weighted by Crippen LogP contribution is 2.27. The average Bonchev–Trinajstić information content (AvgIpc) is 2.15. The van der Waals surface area contributed by atoms with Gasteiger partial charge in [-0.25, -0.2) is 0 Å². The van der Waals surface area contributed by atoms with Gasteiger partial charge in [-0.1, -0.05) is 30.7 Å². The fraction of sp³-hybridized carbons (Fsp3) is 0.733. The lowest BCUT2D eigenvalue weighted by atomic mass is 9.84. The second kappa shape index (κ2) is 5.67. The highest BCUT2D eigenvalue weighted by Gasteiger charge is 2.24. The summed E-state index contributed by atoms with van der Waals surface area (Å²) in [5.74, 6) is 0.892. The number of hydrogen-bond donors (Lipinski definition) is 1. The van der Waals surface area contributed by atoms with E-state index in [4.69, 9.17) is 0 Å². The largest absolute Gasteiger partial charge is 0.390 e. The summed E-state index contributed by atoms with van der Waals surface area (Å²) in [6.07, 6.45) is 11.4. The Bertz CT molecular complexity index is 268. The minimum absolute atomic E-state index is 0.274. The van der Waals surface area contributed by atoms with Crippen LogP contribution in [0.4, 0.5) is 0 Å². The predicted octanol–water partition coefficient (Wildman–Crippen LogP) is 4.09. The zero-order valence-electron chi connectivity index (χ0n) is 11.2. The van der Waals surface area contributed by atoms with Crippen molar-refractivity contribution in [2.45, 2.75) is 59.0 Å². The first-order valence-corrected chi connectivity index (χ1v) is 6.46. The SMILES string of the molecule is CC1=CCC[C@@H](C)C=C[C@H](C(C)(C)O)CC1. The van der Waals surface area contributed by atoms with Crippen LogP contribution in [0.3, 0.4) is 0 Å². The Labute approximate surface area is 100 Å². The molecule has 2 atom stereocenters. The first-order chi connectivity index (χ1) is 7.39. The molecule has 1 N–H and O–H groups in total. The standard InChI is InChI=1S/C15H26O/c1-12-6-5-7-13(2)9-11-14(10-8-12)15(3,4)16/h6,9,11,13-14,16H,5,7-8,10H2,1-4H3/t13-,14-/m1/s1. The summed E-state index contributed by atoms with van der Waals surface area (Å²) in [5, 5.41) is 10.1. The summed E-state index contributed by atoms with van der Waals surface area (Å²) >= 11 is 0. The highest BCUT2D eigenvalue weighted by atomic mass is 16.3. The van der Waals surface area contributed by atoms with E-state index in [1.807, 2.05) is 13.8 Å². The van der Waals surface area contributed by atoms with Crippen molar-refractivity contribution in [1.82, 2.24) is 0 Å². The van der Waals surface area contributed by atoms with Crippen molar-refractivity contribution in [2.75, 3.05) is 0 Å². The summed E-state index contributed by atoms with van der Waals surface area (Å²) in [4.78, 5) is 0. The third-order valence-electron chi connectivity index (χ3n) is 3.54. The zero-order valence-corrected chi connectivity index (χ0v) is 11.2. The summed E-state index contributed by atoms with van der Waals surface area (Å²) in [7, 11) is 0. The van der Waals surface area contributed by atoms with Crippen molar-refractivity contribution >= 4 is 0 Å². The fourth-order valence-electron chi connectivity index (χ4n) is 2.18. The van der Waals surface area contributed by atoms with Crippen molar-refractivity contribution in [3.8, 4) is 0 Å². The van der Waals surface area contributed by atoms with E-state index < -0.39 is 5.60 Å². The first-order valence-electron chi connectivity index (χ1n) is 6.46. The average molecular weight is 222 g/mol. The molecule has 0 aromatic carbocycles. The van der Waals surface area contributed by atoms with Crippen LogP contribution in [0, 0.1) is 11.8 Å². The normalized spacial score (nSPS) is 28.7. The molecule has 0 heterocycles. The molecular weight excluding hydrogens is 196 g/mol. The lowest BCUT2D eigenvalue weighted by Crippen LogP contribution is -2.29. The maximum absolute atomic E-state index is 10.1. The van der Waals surface area contributed by atoms with E-state index in [0.29, 0.717) is 5.92 Å². The molecule has 0 aromatic rings. The number of hydrogen-bond acceptors (Lipinski definition) is 1. The minimum atomic E-state index is -0.601.